The first-order valence-electron chi connectivity index (χ1n) is 5.32. The van der Waals surface area contributed by atoms with Gasteiger partial charge < -0.3 is 10.3 Å². The Bertz CT molecular complexity index is 589. The predicted molar refractivity (Wildman–Crippen MR) is 69.7 cm³/mol. The van der Waals surface area contributed by atoms with E-state index in [1.54, 1.807) is 19.3 Å². The molecule has 8 heteroatoms. The van der Waals surface area contributed by atoms with Crippen molar-refractivity contribution in [1.29, 1.82) is 0 Å². The van der Waals surface area contributed by atoms with Gasteiger partial charge in [0, 0.05) is 30.0 Å². The van der Waals surface area contributed by atoms with Crippen molar-refractivity contribution in [2.75, 3.05) is 7.05 Å². The van der Waals surface area contributed by atoms with Crippen LogP contribution in [0.1, 0.15) is 10.7 Å². The van der Waals surface area contributed by atoms with E-state index in [9.17, 15) is 8.42 Å². The van der Waals surface area contributed by atoms with Crippen LogP contribution >= 0.6 is 11.3 Å². The summed E-state index contributed by atoms with van der Waals surface area (Å²) in [7, 11) is -1.67. The van der Waals surface area contributed by atoms with Crippen molar-refractivity contribution >= 4 is 21.4 Å². The second-order valence-electron chi connectivity index (χ2n) is 3.64. The Morgan fingerprint density at radius 2 is 2.28 bits per heavy atom. The van der Waals surface area contributed by atoms with Crippen LogP contribution in [0.3, 0.4) is 0 Å². The van der Waals surface area contributed by atoms with E-state index < -0.39 is 10.0 Å². The Labute approximate surface area is 110 Å². The molecule has 3 N–H and O–H groups in total. The Balaban J connectivity index is 2.05. The number of hydrogen-bond donors (Lipinski definition) is 3. The minimum absolute atomic E-state index is 0.215. The summed E-state index contributed by atoms with van der Waals surface area (Å²) in [5.41, 5.74) is 0.826. The van der Waals surface area contributed by atoms with Gasteiger partial charge in [-0.25, -0.2) is 18.1 Å². The Hall–Kier alpha value is -1.22. The third kappa shape index (κ3) is 3.16. The topological polar surface area (TPSA) is 86.9 Å². The van der Waals surface area contributed by atoms with Gasteiger partial charge in [0.1, 0.15) is 5.01 Å². The smallest absolute Gasteiger partial charge is 0.242 e. The highest BCUT2D eigenvalue weighted by Gasteiger charge is 2.15. The molecule has 0 aliphatic rings. The average molecular weight is 286 g/mol. The maximum Gasteiger partial charge on any atom is 0.242 e. The number of H-pyrrole nitrogens is 1. The first-order valence-corrected chi connectivity index (χ1v) is 7.68. The number of nitrogens with one attached hydrogen (secondary N) is 3. The third-order valence-electron chi connectivity index (χ3n) is 2.29. The lowest BCUT2D eigenvalue weighted by Crippen LogP contribution is -2.22. The molecule has 2 rings (SSSR count). The zero-order valence-electron chi connectivity index (χ0n) is 9.80. The van der Waals surface area contributed by atoms with E-state index in [0.717, 1.165) is 10.7 Å². The SMILES string of the molecule is CNCc1cc(S(=O)(=O)NCc2nccs2)c[nH]1. The van der Waals surface area contributed by atoms with Gasteiger partial charge in [0.05, 0.1) is 11.4 Å². The highest BCUT2D eigenvalue weighted by Crippen LogP contribution is 2.12. The van der Waals surface area contributed by atoms with E-state index in [1.807, 2.05) is 5.38 Å². The second-order valence-corrected chi connectivity index (χ2v) is 6.39. The largest absolute Gasteiger partial charge is 0.363 e. The summed E-state index contributed by atoms with van der Waals surface area (Å²) in [5.74, 6) is 0. The standard InChI is InChI=1S/C10H14N4O2S2/c1-11-5-8-4-9(6-13-8)18(15,16)14-7-10-12-2-3-17-10/h2-4,6,11,13-14H,5,7H2,1H3. The molecule has 0 amide bonds. The van der Waals surface area contributed by atoms with Crippen LogP contribution in [0.4, 0.5) is 0 Å². The summed E-state index contributed by atoms with van der Waals surface area (Å²) in [6, 6.07) is 1.61. The molecule has 18 heavy (non-hydrogen) atoms. The van der Waals surface area contributed by atoms with Crippen LogP contribution in [0.2, 0.25) is 0 Å². The molecular formula is C10H14N4O2S2. The van der Waals surface area contributed by atoms with Gasteiger partial charge in [-0.2, -0.15) is 0 Å². The van der Waals surface area contributed by atoms with Crippen molar-refractivity contribution in [2.45, 2.75) is 18.0 Å². The van der Waals surface area contributed by atoms with E-state index in [1.165, 1.54) is 17.5 Å². The first-order chi connectivity index (χ1) is 8.62. The fourth-order valence-electron chi connectivity index (χ4n) is 1.45. The average Bonchev–Trinajstić information content (AvgIpc) is 2.98. The van der Waals surface area contributed by atoms with E-state index in [4.69, 9.17) is 0 Å². The van der Waals surface area contributed by atoms with E-state index in [2.05, 4.69) is 20.0 Å². The number of nitrogens with zero attached hydrogens (tertiary/aromatic N) is 1. The monoisotopic (exact) mass is 286 g/mol. The van der Waals surface area contributed by atoms with Gasteiger partial charge in [-0.1, -0.05) is 0 Å². The van der Waals surface area contributed by atoms with Crippen LogP contribution in [0.5, 0.6) is 0 Å². The number of sulfonamides is 1. The van der Waals surface area contributed by atoms with Crippen molar-refractivity contribution < 1.29 is 8.42 Å². The van der Waals surface area contributed by atoms with Gasteiger partial charge in [-0.15, -0.1) is 11.3 Å². The molecule has 2 aromatic heterocycles. The molecule has 2 heterocycles. The van der Waals surface area contributed by atoms with E-state index >= 15 is 0 Å². The number of aromatic amines is 1. The molecule has 98 valence electrons. The molecule has 0 aromatic carbocycles. The normalized spacial score (nSPS) is 11.8. The Kier molecular flexibility index (Phi) is 4.12. The molecule has 0 aliphatic heterocycles. The van der Waals surface area contributed by atoms with Gasteiger partial charge in [-0.05, 0) is 13.1 Å². The van der Waals surface area contributed by atoms with E-state index in [0.29, 0.717) is 6.54 Å². The minimum Gasteiger partial charge on any atom is -0.363 e. The lowest BCUT2D eigenvalue weighted by Gasteiger charge is -2.02. The zero-order chi connectivity index (χ0) is 13.0. The summed E-state index contributed by atoms with van der Waals surface area (Å²) < 4.78 is 26.5. The zero-order valence-corrected chi connectivity index (χ0v) is 11.4. The number of thiazole rings is 1. The predicted octanol–water partition coefficient (Wildman–Crippen LogP) is 0.669. The highest BCUT2D eigenvalue weighted by molar-refractivity contribution is 7.89. The van der Waals surface area contributed by atoms with Crippen LogP contribution in [0, 0.1) is 0 Å². The number of hydrogen-bond acceptors (Lipinski definition) is 5. The van der Waals surface area contributed by atoms with Crippen LogP contribution in [-0.4, -0.2) is 25.4 Å². The molecule has 0 spiro atoms. The van der Waals surface area contributed by atoms with Crippen LogP contribution in [0.15, 0.2) is 28.7 Å². The summed E-state index contributed by atoms with van der Waals surface area (Å²) in [4.78, 5) is 7.17. The lowest BCUT2D eigenvalue weighted by atomic mass is 10.4. The van der Waals surface area contributed by atoms with Crippen molar-refractivity contribution in [3.8, 4) is 0 Å². The molecule has 0 aliphatic carbocycles. The number of rotatable bonds is 6. The molecule has 0 radical (unpaired) electrons. The summed E-state index contributed by atoms with van der Waals surface area (Å²) >= 11 is 1.42. The molecule has 2 aromatic rings. The van der Waals surface area contributed by atoms with Gasteiger partial charge >= 0.3 is 0 Å². The van der Waals surface area contributed by atoms with Gasteiger partial charge in [0.25, 0.3) is 0 Å². The van der Waals surface area contributed by atoms with Crippen molar-refractivity contribution in [3.63, 3.8) is 0 Å². The van der Waals surface area contributed by atoms with Crippen molar-refractivity contribution in [2.24, 2.45) is 0 Å². The maximum atomic E-state index is 12.0. The van der Waals surface area contributed by atoms with Gasteiger partial charge in [0.15, 0.2) is 0 Å². The summed E-state index contributed by atoms with van der Waals surface area (Å²) in [6.45, 7) is 0.814. The molecule has 0 atom stereocenters. The molecule has 0 unspecified atom stereocenters. The van der Waals surface area contributed by atoms with Crippen LogP contribution < -0.4 is 10.0 Å². The third-order valence-corrected chi connectivity index (χ3v) is 4.45. The van der Waals surface area contributed by atoms with Crippen molar-refractivity contribution in [1.82, 2.24) is 20.0 Å². The van der Waals surface area contributed by atoms with Crippen LogP contribution in [-0.2, 0) is 23.1 Å². The quantitative estimate of drug-likeness (QED) is 0.728. The molecule has 6 nitrogen and oxygen atoms in total. The first kappa shape index (κ1) is 13.2. The highest BCUT2D eigenvalue weighted by atomic mass is 32.2. The Morgan fingerprint density at radius 3 is 2.94 bits per heavy atom. The summed E-state index contributed by atoms with van der Waals surface area (Å²) in [5, 5.41) is 5.50. The second kappa shape index (κ2) is 5.61. The van der Waals surface area contributed by atoms with Crippen LogP contribution in [0.25, 0.3) is 0 Å². The Morgan fingerprint density at radius 1 is 1.44 bits per heavy atom. The van der Waals surface area contributed by atoms with E-state index in [-0.39, 0.29) is 11.4 Å². The lowest BCUT2D eigenvalue weighted by molar-refractivity contribution is 0.581. The fraction of sp³-hybridized carbons (Fsp3) is 0.300. The minimum atomic E-state index is -3.48. The maximum absolute atomic E-state index is 12.0. The molecular weight excluding hydrogens is 272 g/mol. The van der Waals surface area contributed by atoms with Crippen molar-refractivity contribution in [3.05, 3.63) is 34.5 Å². The molecule has 0 bridgehead atoms. The fourth-order valence-corrected chi connectivity index (χ4v) is 3.10. The van der Waals surface area contributed by atoms with Gasteiger partial charge in [-0.3, -0.25) is 0 Å². The van der Waals surface area contributed by atoms with Gasteiger partial charge in [0.2, 0.25) is 10.0 Å². The molecule has 0 saturated heterocycles. The molecule has 0 saturated carbocycles. The summed E-state index contributed by atoms with van der Waals surface area (Å²) in [6.07, 6.45) is 3.13. The number of aromatic nitrogens is 2. The molecule has 0 fully saturated rings.